The Kier molecular flexibility index (Phi) is 4.51. The van der Waals surface area contributed by atoms with Gasteiger partial charge in [-0.25, -0.2) is 4.98 Å². The lowest BCUT2D eigenvalue weighted by atomic mass is 10.1. The predicted molar refractivity (Wildman–Crippen MR) is 99.9 cm³/mol. The summed E-state index contributed by atoms with van der Waals surface area (Å²) in [6, 6.07) is 8.04. The van der Waals surface area contributed by atoms with Crippen molar-refractivity contribution >= 4 is 16.8 Å². The van der Waals surface area contributed by atoms with Crippen molar-refractivity contribution in [1.82, 2.24) is 19.0 Å². The molecule has 0 radical (unpaired) electrons. The van der Waals surface area contributed by atoms with E-state index in [0.29, 0.717) is 26.3 Å². The van der Waals surface area contributed by atoms with E-state index in [-0.39, 0.29) is 11.8 Å². The van der Waals surface area contributed by atoms with Crippen molar-refractivity contribution in [3.8, 4) is 0 Å². The molecule has 136 valence electrons. The predicted octanol–water partition coefficient (Wildman–Crippen LogP) is 2.68. The lowest BCUT2D eigenvalue weighted by Gasteiger charge is -2.24. The number of amides is 1. The Morgan fingerprint density at radius 2 is 2.15 bits per heavy atom. The fourth-order valence-corrected chi connectivity index (χ4v) is 3.78. The highest BCUT2D eigenvalue weighted by Crippen LogP contribution is 2.24. The highest BCUT2D eigenvalue weighted by atomic mass is 16.5. The van der Waals surface area contributed by atoms with Crippen LogP contribution in [0.25, 0.3) is 10.9 Å². The lowest BCUT2D eigenvalue weighted by Crippen LogP contribution is -2.35. The maximum Gasteiger partial charge on any atom is 0.256 e. The Bertz CT molecular complexity index is 927. The van der Waals surface area contributed by atoms with Crippen molar-refractivity contribution in [2.75, 3.05) is 19.8 Å². The molecule has 1 aliphatic rings. The number of carbonyl (C=O) groups is 1. The Labute approximate surface area is 153 Å². The third-order valence-electron chi connectivity index (χ3n) is 5.06. The average Bonchev–Trinajstić information content (AvgIpc) is 3.18. The van der Waals surface area contributed by atoms with Gasteiger partial charge in [-0.1, -0.05) is 18.2 Å². The number of fused-ring (bicyclic) bond motifs is 2. The number of benzene rings is 1. The van der Waals surface area contributed by atoms with Crippen LogP contribution in [-0.2, 0) is 24.9 Å². The van der Waals surface area contributed by atoms with Crippen molar-refractivity contribution in [3.05, 3.63) is 54.2 Å². The molecule has 0 N–H and O–H groups in total. The number of aryl methyl sites for hydroxylation is 1. The number of nitrogens with zero attached hydrogens (tertiary/aromatic N) is 4. The first-order chi connectivity index (χ1) is 12.7. The Morgan fingerprint density at radius 3 is 3.00 bits per heavy atom. The van der Waals surface area contributed by atoms with Gasteiger partial charge < -0.3 is 18.8 Å². The summed E-state index contributed by atoms with van der Waals surface area (Å²) in [4.78, 5) is 19.6. The zero-order valence-corrected chi connectivity index (χ0v) is 15.3. The van der Waals surface area contributed by atoms with Gasteiger partial charge in [0.05, 0.1) is 30.7 Å². The summed E-state index contributed by atoms with van der Waals surface area (Å²) in [6.45, 7) is 5.42. The molecule has 0 unspecified atom stereocenters. The highest BCUT2D eigenvalue weighted by Gasteiger charge is 2.27. The molecule has 1 atom stereocenters. The van der Waals surface area contributed by atoms with E-state index in [9.17, 15) is 4.79 Å². The van der Waals surface area contributed by atoms with E-state index in [0.717, 1.165) is 28.7 Å². The molecule has 1 aromatic carbocycles. The van der Waals surface area contributed by atoms with Crippen LogP contribution in [0.4, 0.5) is 0 Å². The third-order valence-corrected chi connectivity index (χ3v) is 5.06. The number of hydrogen-bond acceptors (Lipinski definition) is 3. The zero-order valence-electron chi connectivity index (χ0n) is 15.3. The van der Waals surface area contributed by atoms with Crippen molar-refractivity contribution in [3.63, 3.8) is 0 Å². The standard InChI is InChI=1S/C20H24N4O2/c1-3-26-13-15-9-23(11-16-8-21-14-24(16)10-15)20(25)18-12-22(2)19-7-5-4-6-17(18)19/h4-8,12,14-15H,3,9-11,13H2,1-2H3/t15-/m1/s1. The molecular weight excluding hydrogens is 328 g/mol. The summed E-state index contributed by atoms with van der Waals surface area (Å²) >= 11 is 0. The molecular formula is C20H24N4O2. The fourth-order valence-electron chi connectivity index (χ4n) is 3.78. The summed E-state index contributed by atoms with van der Waals surface area (Å²) in [5.74, 6) is 0.322. The molecule has 4 rings (SSSR count). The molecule has 3 heterocycles. The minimum Gasteiger partial charge on any atom is -0.381 e. The Morgan fingerprint density at radius 1 is 1.31 bits per heavy atom. The second-order valence-electron chi connectivity index (χ2n) is 6.92. The van der Waals surface area contributed by atoms with Crippen LogP contribution < -0.4 is 0 Å². The van der Waals surface area contributed by atoms with E-state index in [1.165, 1.54) is 0 Å². The summed E-state index contributed by atoms with van der Waals surface area (Å²) in [6.07, 6.45) is 5.64. The lowest BCUT2D eigenvalue weighted by molar-refractivity contribution is 0.0620. The first-order valence-electron chi connectivity index (χ1n) is 9.07. The Hall–Kier alpha value is -2.60. The van der Waals surface area contributed by atoms with Crippen molar-refractivity contribution < 1.29 is 9.53 Å². The number of rotatable bonds is 4. The Balaban J connectivity index is 1.67. The minimum atomic E-state index is 0.0675. The summed E-state index contributed by atoms with van der Waals surface area (Å²) in [7, 11) is 1.98. The summed E-state index contributed by atoms with van der Waals surface area (Å²) in [5.41, 5.74) is 2.89. The number of aromatic nitrogens is 3. The maximum absolute atomic E-state index is 13.4. The molecule has 0 aliphatic carbocycles. The smallest absolute Gasteiger partial charge is 0.256 e. The molecule has 0 spiro atoms. The average molecular weight is 352 g/mol. The van der Waals surface area contributed by atoms with Crippen LogP contribution in [0, 0.1) is 5.92 Å². The minimum absolute atomic E-state index is 0.0675. The quantitative estimate of drug-likeness (QED) is 0.725. The van der Waals surface area contributed by atoms with Gasteiger partial charge in [-0.05, 0) is 13.0 Å². The molecule has 2 aromatic heterocycles. The van der Waals surface area contributed by atoms with Gasteiger partial charge in [0.2, 0.25) is 0 Å². The number of ether oxygens (including phenoxy) is 1. The van der Waals surface area contributed by atoms with E-state index >= 15 is 0 Å². The molecule has 0 bridgehead atoms. The summed E-state index contributed by atoms with van der Waals surface area (Å²) in [5, 5.41) is 0.999. The molecule has 0 fully saturated rings. The van der Waals surface area contributed by atoms with E-state index < -0.39 is 0 Å². The molecule has 26 heavy (non-hydrogen) atoms. The SMILES string of the molecule is CCOC[C@@H]1CN(C(=O)c2cn(C)c3ccccc23)Cc2cncn2C1. The van der Waals surface area contributed by atoms with Gasteiger partial charge in [-0.2, -0.15) is 0 Å². The van der Waals surface area contributed by atoms with Crippen molar-refractivity contribution in [1.29, 1.82) is 0 Å². The van der Waals surface area contributed by atoms with E-state index in [1.807, 2.05) is 66.4 Å². The molecule has 0 saturated carbocycles. The van der Waals surface area contributed by atoms with Crippen LogP contribution in [0.5, 0.6) is 0 Å². The van der Waals surface area contributed by atoms with Gasteiger partial charge in [-0.15, -0.1) is 0 Å². The van der Waals surface area contributed by atoms with Crippen LogP contribution in [0.1, 0.15) is 23.0 Å². The van der Waals surface area contributed by atoms with Gasteiger partial charge in [0.1, 0.15) is 0 Å². The second kappa shape index (κ2) is 6.96. The molecule has 3 aromatic rings. The molecule has 1 amide bonds. The van der Waals surface area contributed by atoms with Crippen LogP contribution in [0.2, 0.25) is 0 Å². The first-order valence-corrected chi connectivity index (χ1v) is 9.07. The van der Waals surface area contributed by atoms with E-state index in [2.05, 4.69) is 9.55 Å². The van der Waals surface area contributed by atoms with Crippen molar-refractivity contribution in [2.24, 2.45) is 13.0 Å². The normalized spacial score (nSPS) is 17.3. The third kappa shape index (κ3) is 3.01. The van der Waals surface area contributed by atoms with Crippen LogP contribution in [0.15, 0.2) is 43.0 Å². The fraction of sp³-hybridized carbons (Fsp3) is 0.400. The topological polar surface area (TPSA) is 52.3 Å². The highest BCUT2D eigenvalue weighted by molar-refractivity contribution is 6.06. The maximum atomic E-state index is 13.4. The monoisotopic (exact) mass is 352 g/mol. The number of imidazole rings is 1. The molecule has 6 nitrogen and oxygen atoms in total. The number of carbonyl (C=O) groups excluding carboxylic acids is 1. The van der Waals surface area contributed by atoms with Gasteiger partial charge in [0, 0.05) is 56.0 Å². The molecule has 1 aliphatic heterocycles. The second-order valence-corrected chi connectivity index (χ2v) is 6.92. The number of hydrogen-bond donors (Lipinski definition) is 0. The van der Waals surface area contributed by atoms with Crippen LogP contribution in [-0.4, -0.2) is 44.7 Å². The van der Waals surface area contributed by atoms with Gasteiger partial charge in [0.25, 0.3) is 5.91 Å². The largest absolute Gasteiger partial charge is 0.381 e. The van der Waals surface area contributed by atoms with Gasteiger partial charge in [-0.3, -0.25) is 4.79 Å². The van der Waals surface area contributed by atoms with Crippen molar-refractivity contribution in [2.45, 2.75) is 20.0 Å². The molecule has 6 heteroatoms. The van der Waals surface area contributed by atoms with E-state index in [4.69, 9.17) is 4.74 Å². The first kappa shape index (κ1) is 16.8. The molecule has 0 saturated heterocycles. The summed E-state index contributed by atoms with van der Waals surface area (Å²) < 4.78 is 9.81. The number of para-hydroxylation sites is 1. The van der Waals surface area contributed by atoms with Crippen LogP contribution in [0.3, 0.4) is 0 Å². The zero-order chi connectivity index (χ0) is 18.1. The van der Waals surface area contributed by atoms with Gasteiger partial charge in [0.15, 0.2) is 0 Å². The van der Waals surface area contributed by atoms with Gasteiger partial charge >= 0.3 is 0 Å². The van der Waals surface area contributed by atoms with Crippen LogP contribution >= 0.6 is 0 Å². The van der Waals surface area contributed by atoms with E-state index in [1.54, 1.807) is 0 Å².